The van der Waals surface area contributed by atoms with Crippen LogP contribution in [-0.4, -0.2) is 7.32 Å². The summed E-state index contributed by atoms with van der Waals surface area (Å²) in [6.07, 6.45) is 11.1. The Morgan fingerprint density at radius 2 is 0.710 bits per heavy atom. The van der Waals surface area contributed by atoms with Crippen LogP contribution in [0.5, 0.6) is 0 Å². The fraction of sp³-hybridized carbons (Fsp3) is 0.143. The average Bonchev–Trinajstić information content (AvgIpc) is 2.76. The van der Waals surface area contributed by atoms with Gasteiger partial charge in [0.25, 0.3) is 0 Å². The van der Waals surface area contributed by atoms with Crippen molar-refractivity contribution >= 4 is 7.32 Å². The predicted molar refractivity (Wildman–Crippen MR) is 103 cm³/mol. The third-order valence-corrected chi connectivity index (χ3v) is 3.32. The molecule has 0 unspecified atom stereocenters. The highest BCUT2D eigenvalue weighted by Crippen LogP contribution is 1.90. The van der Waals surface area contributed by atoms with Crippen molar-refractivity contribution in [2.45, 2.75) is 0 Å². The second kappa shape index (κ2) is 15.7. The Kier molecular flexibility index (Phi) is 13.6. The fourth-order valence-electron chi connectivity index (χ4n) is 1.73. The van der Waals surface area contributed by atoms with Gasteiger partial charge < -0.3 is 15.1 Å². The topological polar surface area (TPSA) is 152 Å². The van der Waals surface area contributed by atoms with Crippen LogP contribution in [0.2, 0.25) is 0 Å². The summed E-state index contributed by atoms with van der Waals surface area (Å²) in [4.78, 5) is 0. The summed E-state index contributed by atoms with van der Waals surface area (Å²) in [6, 6.07) is 16.8. The molecule has 0 N–H and O–H groups in total. The quantitative estimate of drug-likeness (QED) is 0.285. The van der Waals surface area contributed by atoms with Crippen molar-refractivity contribution in [2.24, 2.45) is 21.1 Å². The minimum absolute atomic E-state index is 0.702. The van der Waals surface area contributed by atoms with E-state index < -0.39 is 7.32 Å². The van der Waals surface area contributed by atoms with Gasteiger partial charge in [-0.3, -0.25) is 7.32 Å². The van der Waals surface area contributed by atoms with E-state index in [9.17, 15) is 0 Å². The smallest absolute Gasteiger partial charge is 0.169 e. The lowest BCUT2D eigenvalue weighted by molar-refractivity contribution is -0.671. The normalized spacial score (nSPS) is 8.23. The SMILES string of the molecule is C[n+]1ccc(C#N)cc1.C[n+]1ccc(C#N)cc1.C[n+]1ccc(C#N)cc1.[O-]B([O-])[O-]. The first-order valence-electron chi connectivity index (χ1n) is 8.75. The first-order chi connectivity index (χ1) is 14.7. The predicted octanol–water partition coefficient (Wildman–Crippen LogP) is -2.80. The zero-order valence-electron chi connectivity index (χ0n) is 17.4. The molecule has 3 aromatic heterocycles. The Morgan fingerprint density at radius 1 is 0.548 bits per heavy atom. The zero-order valence-corrected chi connectivity index (χ0v) is 17.4. The van der Waals surface area contributed by atoms with Gasteiger partial charge in [0, 0.05) is 36.4 Å². The van der Waals surface area contributed by atoms with E-state index in [0.717, 1.165) is 0 Å². The Hall–Kier alpha value is -4.14. The van der Waals surface area contributed by atoms with Crippen molar-refractivity contribution in [2.75, 3.05) is 0 Å². The molecule has 0 aromatic carbocycles. The maximum Gasteiger partial charge on any atom is 0.169 e. The molecule has 3 heterocycles. The van der Waals surface area contributed by atoms with Crippen LogP contribution in [0.1, 0.15) is 16.7 Å². The highest BCUT2D eigenvalue weighted by molar-refractivity contribution is 6.24. The summed E-state index contributed by atoms with van der Waals surface area (Å²) < 4.78 is 5.67. The third kappa shape index (κ3) is 14.5. The molecule has 0 saturated heterocycles. The number of nitriles is 3. The van der Waals surface area contributed by atoms with Crippen LogP contribution in [0.15, 0.2) is 73.6 Å². The van der Waals surface area contributed by atoms with Crippen molar-refractivity contribution in [1.82, 2.24) is 0 Å². The van der Waals surface area contributed by atoms with E-state index in [2.05, 4.69) is 0 Å². The maximum absolute atomic E-state index is 8.42. The summed E-state index contributed by atoms with van der Waals surface area (Å²) in [6.45, 7) is 0. The molecule has 31 heavy (non-hydrogen) atoms. The number of rotatable bonds is 0. The van der Waals surface area contributed by atoms with Crippen LogP contribution in [0.4, 0.5) is 0 Å². The molecule has 0 radical (unpaired) electrons. The number of hydrogen-bond acceptors (Lipinski definition) is 6. The van der Waals surface area contributed by atoms with E-state index in [1.54, 1.807) is 36.4 Å². The summed E-state index contributed by atoms with van der Waals surface area (Å²) in [5.74, 6) is 0. The lowest BCUT2D eigenvalue weighted by Crippen LogP contribution is -2.56. The molecule has 0 atom stereocenters. The summed E-state index contributed by atoms with van der Waals surface area (Å²) in [5.41, 5.74) is 2.11. The molecule has 10 heteroatoms. The highest BCUT2D eigenvalue weighted by atomic mass is 16.5. The van der Waals surface area contributed by atoms with Gasteiger partial charge in [0.1, 0.15) is 21.1 Å². The van der Waals surface area contributed by atoms with Gasteiger partial charge in [0.2, 0.25) is 0 Å². The van der Waals surface area contributed by atoms with Crippen LogP contribution < -0.4 is 28.8 Å². The first-order valence-corrected chi connectivity index (χ1v) is 8.75. The lowest BCUT2D eigenvalue weighted by atomic mass is 10.3. The minimum Gasteiger partial charge on any atom is -0.907 e. The number of nitrogens with zero attached hydrogens (tertiary/aromatic N) is 6. The monoisotopic (exact) mass is 416 g/mol. The molecule has 9 nitrogen and oxygen atoms in total. The van der Waals surface area contributed by atoms with E-state index in [0.29, 0.717) is 16.7 Å². The van der Waals surface area contributed by atoms with Crippen LogP contribution in [0.3, 0.4) is 0 Å². The average molecular weight is 416 g/mol. The third-order valence-electron chi connectivity index (χ3n) is 3.32. The summed E-state index contributed by atoms with van der Waals surface area (Å²) >= 11 is 0. The molecule has 0 amide bonds. The molecule has 0 aliphatic heterocycles. The molecular weight excluding hydrogens is 395 g/mol. The fourth-order valence-corrected chi connectivity index (χ4v) is 1.73. The minimum atomic E-state index is -2.92. The van der Waals surface area contributed by atoms with Gasteiger partial charge in [0.15, 0.2) is 37.2 Å². The maximum atomic E-state index is 8.42. The Morgan fingerprint density at radius 3 is 0.839 bits per heavy atom. The molecule has 3 rings (SSSR count). The van der Waals surface area contributed by atoms with Crippen LogP contribution in [0.25, 0.3) is 0 Å². The van der Waals surface area contributed by atoms with Crippen molar-refractivity contribution in [3.05, 3.63) is 90.3 Å². The van der Waals surface area contributed by atoms with Crippen molar-refractivity contribution in [3.63, 3.8) is 0 Å². The van der Waals surface area contributed by atoms with Gasteiger partial charge >= 0.3 is 0 Å². The van der Waals surface area contributed by atoms with Gasteiger partial charge in [-0.2, -0.15) is 15.8 Å². The molecule has 0 saturated carbocycles. The largest absolute Gasteiger partial charge is 0.907 e. The van der Waals surface area contributed by atoms with E-state index in [-0.39, 0.29) is 0 Å². The van der Waals surface area contributed by atoms with Gasteiger partial charge in [-0.1, -0.05) is 0 Å². The summed E-state index contributed by atoms with van der Waals surface area (Å²) in [5, 5.41) is 50.4. The van der Waals surface area contributed by atoms with E-state index in [1.165, 1.54) is 0 Å². The Labute approximate surface area is 182 Å². The standard InChI is InChI=1S/3C7H7N2.BO3/c3*1-9-4-2-7(6-8)3-5-9;2-1(3)4/h3*2-5H,1H3;/q3*+1;-3. The number of aromatic nitrogens is 3. The summed E-state index contributed by atoms with van der Waals surface area (Å²) in [7, 11) is 2.84. The van der Waals surface area contributed by atoms with Crippen molar-refractivity contribution in [3.8, 4) is 18.2 Å². The van der Waals surface area contributed by atoms with Gasteiger partial charge in [-0.05, 0) is 0 Å². The van der Waals surface area contributed by atoms with Crippen molar-refractivity contribution < 1.29 is 28.8 Å². The molecule has 156 valence electrons. The molecular formula is C21H21BN6O3. The lowest BCUT2D eigenvalue weighted by Gasteiger charge is -2.35. The van der Waals surface area contributed by atoms with E-state index in [4.69, 9.17) is 30.9 Å². The molecule has 0 aliphatic carbocycles. The van der Waals surface area contributed by atoms with Crippen molar-refractivity contribution in [1.29, 1.82) is 15.8 Å². The van der Waals surface area contributed by atoms with E-state index in [1.807, 2.05) is 90.2 Å². The number of hydrogen-bond donors (Lipinski definition) is 0. The second-order valence-electron chi connectivity index (χ2n) is 5.88. The Balaban J connectivity index is 0.000000402. The molecule has 0 bridgehead atoms. The van der Waals surface area contributed by atoms with Crippen LogP contribution >= 0.6 is 0 Å². The first kappa shape index (κ1) is 26.9. The van der Waals surface area contributed by atoms with Gasteiger partial charge in [-0.15, -0.1) is 0 Å². The Bertz CT molecular complexity index is 885. The van der Waals surface area contributed by atoms with Crippen LogP contribution in [0, 0.1) is 34.0 Å². The number of pyridine rings is 3. The van der Waals surface area contributed by atoms with Gasteiger partial charge in [0.05, 0.1) is 34.9 Å². The zero-order chi connectivity index (χ0) is 23.6. The molecule has 0 aliphatic rings. The van der Waals surface area contributed by atoms with Crippen LogP contribution in [-0.2, 0) is 21.1 Å². The van der Waals surface area contributed by atoms with Gasteiger partial charge in [-0.25, -0.2) is 13.7 Å². The molecule has 3 aromatic rings. The highest BCUT2D eigenvalue weighted by Gasteiger charge is 1.92. The van der Waals surface area contributed by atoms with E-state index >= 15 is 0 Å². The second-order valence-corrected chi connectivity index (χ2v) is 5.88. The molecule has 0 fully saturated rings. The number of aryl methyl sites for hydroxylation is 3. The molecule has 0 spiro atoms.